The maximum Gasteiger partial charge on any atom is 0.271 e. The Kier molecular flexibility index (Phi) is 8.33. The van der Waals surface area contributed by atoms with Crippen molar-refractivity contribution in [3.8, 4) is 5.75 Å². The van der Waals surface area contributed by atoms with E-state index in [1.807, 2.05) is 36.4 Å². The van der Waals surface area contributed by atoms with Gasteiger partial charge in [0.1, 0.15) is 23.7 Å². The normalized spacial score (nSPS) is 12.6. The lowest BCUT2D eigenvalue weighted by atomic mass is 10.1. The van der Waals surface area contributed by atoms with E-state index < -0.39 is 4.92 Å². The Morgan fingerprint density at radius 1 is 1.03 bits per heavy atom. The fraction of sp³-hybridized carbons (Fsp3) is 0.280. The maximum absolute atomic E-state index is 10.8. The third kappa shape index (κ3) is 7.08. The molecule has 0 aliphatic rings. The molecule has 9 heteroatoms. The molecule has 0 saturated carbocycles. The molecule has 1 N–H and O–H groups in total. The van der Waals surface area contributed by atoms with E-state index in [9.17, 15) is 10.1 Å². The second kappa shape index (κ2) is 11.2. The second-order valence-electron chi connectivity index (χ2n) is 8.71. The van der Waals surface area contributed by atoms with E-state index in [-0.39, 0.29) is 16.8 Å². The van der Waals surface area contributed by atoms with E-state index in [0.29, 0.717) is 24.5 Å². The van der Waals surface area contributed by atoms with Gasteiger partial charge in [0.25, 0.3) is 5.69 Å². The lowest BCUT2D eigenvalue weighted by Crippen LogP contribution is -2.34. The van der Waals surface area contributed by atoms with Crippen LogP contribution in [0.5, 0.6) is 5.75 Å². The van der Waals surface area contributed by atoms with Crippen LogP contribution < -0.4 is 14.5 Å². The lowest BCUT2D eigenvalue weighted by molar-refractivity contribution is -0.384. The van der Waals surface area contributed by atoms with Crippen LogP contribution >= 0.6 is 11.6 Å². The smallest absolute Gasteiger partial charge is 0.271 e. The van der Waals surface area contributed by atoms with Crippen molar-refractivity contribution >= 4 is 34.4 Å². The van der Waals surface area contributed by atoms with Crippen LogP contribution in [-0.2, 0) is 0 Å². The number of nitrogens with zero attached hydrogens (tertiary/aromatic N) is 4. The molecule has 0 radical (unpaired) electrons. The van der Waals surface area contributed by atoms with Gasteiger partial charge in [0.05, 0.1) is 36.8 Å². The zero-order valence-corrected chi connectivity index (χ0v) is 20.5. The molecular formula is C25H29ClN5O3+. The molecule has 0 fully saturated rings. The predicted molar refractivity (Wildman–Crippen MR) is 137 cm³/mol. The van der Waals surface area contributed by atoms with E-state index in [1.165, 1.54) is 23.9 Å². The summed E-state index contributed by atoms with van der Waals surface area (Å²) in [5, 5.41) is 22.7. The summed E-state index contributed by atoms with van der Waals surface area (Å²) in [5.41, 5.74) is 3.28. The molecule has 0 bridgehead atoms. The van der Waals surface area contributed by atoms with Crippen molar-refractivity contribution in [3.05, 3.63) is 87.4 Å². The molecule has 1 atom stereocenters. The third-order valence-electron chi connectivity index (χ3n) is 5.24. The number of benzene rings is 3. The number of rotatable bonds is 10. The highest BCUT2D eigenvalue weighted by Gasteiger charge is 2.12. The summed E-state index contributed by atoms with van der Waals surface area (Å²) < 4.78 is 6.61. The number of azo groups is 1. The Bertz CT molecular complexity index is 1140. The molecule has 0 heterocycles. The van der Waals surface area contributed by atoms with Gasteiger partial charge in [-0.15, -0.1) is 5.11 Å². The van der Waals surface area contributed by atoms with Crippen molar-refractivity contribution in [1.82, 2.24) is 9.80 Å². The van der Waals surface area contributed by atoms with Crippen LogP contribution in [0.4, 0.5) is 22.7 Å². The molecule has 3 aromatic rings. The first-order valence-electron chi connectivity index (χ1n) is 10.9. The number of non-ortho nitro benzene ring substituents is 1. The van der Waals surface area contributed by atoms with Crippen molar-refractivity contribution in [2.75, 3.05) is 34.3 Å². The van der Waals surface area contributed by atoms with Crippen molar-refractivity contribution in [3.63, 3.8) is 0 Å². The summed E-state index contributed by atoms with van der Waals surface area (Å²) in [4.78, 5) is 10.3. The van der Waals surface area contributed by atoms with Crippen molar-refractivity contribution in [1.29, 1.82) is 0 Å². The van der Waals surface area contributed by atoms with Crippen LogP contribution in [0.2, 0.25) is 5.02 Å². The van der Waals surface area contributed by atoms with Gasteiger partial charge in [-0.25, -0.2) is 0 Å². The highest BCUT2D eigenvalue weighted by molar-refractivity contribution is 6.33. The van der Waals surface area contributed by atoms with Crippen molar-refractivity contribution < 1.29 is 9.66 Å². The molecule has 34 heavy (non-hydrogen) atoms. The molecule has 178 valence electrons. The van der Waals surface area contributed by atoms with E-state index >= 15 is 0 Å². The minimum atomic E-state index is -0.503. The average Bonchev–Trinajstić information content (AvgIpc) is 2.81. The molecule has 0 amide bonds. The Morgan fingerprint density at radius 2 is 1.71 bits per heavy atom. The Morgan fingerprint density at radius 3 is 2.29 bits per heavy atom. The van der Waals surface area contributed by atoms with Gasteiger partial charge in [0.2, 0.25) is 0 Å². The van der Waals surface area contributed by atoms with Crippen LogP contribution in [0.15, 0.2) is 77.0 Å². The van der Waals surface area contributed by atoms with Gasteiger partial charge in [0.15, 0.2) is 0 Å². The Hall–Kier alpha value is -3.33. The minimum absolute atomic E-state index is 0.0852. The van der Waals surface area contributed by atoms with Gasteiger partial charge in [0, 0.05) is 36.9 Å². The highest BCUT2D eigenvalue weighted by Crippen LogP contribution is 2.30. The average molecular weight is 483 g/mol. The topological polar surface area (TPSA) is 89.1 Å². The number of nitro groups is 1. The molecular weight excluding hydrogens is 454 g/mol. The summed E-state index contributed by atoms with van der Waals surface area (Å²) in [6, 6.07) is 20.1. The number of nitrogens with one attached hydrogen (secondary N) is 1. The predicted octanol–water partition coefficient (Wildman–Crippen LogP) is 6.59. The molecule has 3 rings (SSSR count). The van der Waals surface area contributed by atoms with E-state index in [4.69, 9.17) is 16.3 Å². The monoisotopic (exact) mass is 482 g/mol. The molecule has 1 unspecified atom stereocenters. The summed E-state index contributed by atoms with van der Waals surface area (Å²) >= 11 is 6.05. The van der Waals surface area contributed by atoms with Crippen LogP contribution in [0.1, 0.15) is 18.5 Å². The van der Waals surface area contributed by atoms with Crippen molar-refractivity contribution in [2.45, 2.75) is 13.0 Å². The number of nitro benzene ring substituents is 1. The molecule has 8 nitrogen and oxygen atoms in total. The molecule has 0 aliphatic heterocycles. The second-order valence-corrected chi connectivity index (χ2v) is 9.12. The standard InChI is InChI=1S/C25H29ClN5O3/c1-18(27-15-16-34-23-12-10-22(11-13-23)31(2,3)4)19-5-7-20(8-6-19)28-29-25-14-9-21(30(32)33)17-24(25)26/h5-14,17-18,27H,15-16H2,1-4H3/q+1. The molecule has 0 aromatic heterocycles. The maximum atomic E-state index is 10.8. The van der Waals surface area contributed by atoms with E-state index in [0.717, 1.165) is 15.8 Å². The van der Waals surface area contributed by atoms with E-state index in [1.54, 1.807) is 0 Å². The highest BCUT2D eigenvalue weighted by atomic mass is 35.5. The quantitative estimate of drug-likeness (QED) is 0.116. The first-order valence-corrected chi connectivity index (χ1v) is 11.2. The lowest BCUT2D eigenvalue weighted by Gasteiger charge is -2.23. The summed E-state index contributed by atoms with van der Waals surface area (Å²) in [5.74, 6) is 0.856. The summed E-state index contributed by atoms with van der Waals surface area (Å²) in [6.07, 6.45) is 0. The van der Waals surface area contributed by atoms with Crippen LogP contribution in [0, 0.1) is 10.1 Å². The first-order chi connectivity index (χ1) is 16.1. The van der Waals surface area contributed by atoms with Gasteiger partial charge in [-0.2, -0.15) is 5.11 Å². The fourth-order valence-corrected chi connectivity index (χ4v) is 3.40. The van der Waals surface area contributed by atoms with Gasteiger partial charge < -0.3 is 10.1 Å². The number of quaternary nitrogens is 1. The van der Waals surface area contributed by atoms with Gasteiger partial charge in [-0.3, -0.25) is 14.6 Å². The molecule has 0 spiro atoms. The van der Waals surface area contributed by atoms with Crippen LogP contribution in [0.3, 0.4) is 0 Å². The Balaban J connectivity index is 1.48. The number of hydrogen-bond donors (Lipinski definition) is 1. The third-order valence-corrected chi connectivity index (χ3v) is 5.54. The van der Waals surface area contributed by atoms with Gasteiger partial charge >= 0.3 is 0 Å². The first kappa shape index (κ1) is 25.3. The number of hydrogen-bond acceptors (Lipinski definition) is 6. The van der Waals surface area contributed by atoms with E-state index in [2.05, 4.69) is 55.7 Å². The van der Waals surface area contributed by atoms with Gasteiger partial charge in [-0.1, -0.05) is 23.7 Å². The van der Waals surface area contributed by atoms with Crippen molar-refractivity contribution in [2.24, 2.45) is 10.2 Å². The fourth-order valence-electron chi connectivity index (χ4n) is 3.18. The van der Waals surface area contributed by atoms with Crippen LogP contribution in [0.25, 0.3) is 0 Å². The number of halogens is 1. The number of ether oxygens (including phenoxy) is 1. The molecule has 0 saturated heterocycles. The SMILES string of the molecule is CC(NCCOc1ccc([N+](C)(C)C)cc1)c1ccc(N=Nc2ccc([N+](=O)[O-])cc2Cl)cc1. The molecule has 0 aliphatic carbocycles. The zero-order chi connectivity index (χ0) is 24.7. The molecule has 3 aromatic carbocycles. The largest absolute Gasteiger partial charge is 0.492 e. The minimum Gasteiger partial charge on any atom is -0.492 e. The summed E-state index contributed by atoms with van der Waals surface area (Å²) in [6.45, 7) is 3.36. The van der Waals surface area contributed by atoms with Crippen LogP contribution in [-0.4, -0.2) is 39.2 Å². The summed E-state index contributed by atoms with van der Waals surface area (Å²) in [7, 11) is 6.39. The zero-order valence-electron chi connectivity index (χ0n) is 19.7. The van der Waals surface area contributed by atoms with Gasteiger partial charge in [-0.05, 0) is 42.8 Å². The Labute approximate surface area is 204 Å².